The molecule has 5 rings (SSSR count). The molecule has 0 spiro atoms. The van der Waals surface area contributed by atoms with E-state index in [1.54, 1.807) is 6.08 Å². The molecule has 0 saturated carbocycles. The molecule has 4 N–H and O–H groups in total. The quantitative estimate of drug-likeness (QED) is 0.302. The first kappa shape index (κ1) is 25.6. The molecular weight excluding hydrogens is 524 g/mol. The van der Waals surface area contributed by atoms with Crippen LogP contribution in [0.3, 0.4) is 0 Å². The number of carboxylic acid groups (broad SMARTS) is 1. The number of nitrogens with two attached hydrogens (primary N) is 1. The Morgan fingerprint density at radius 2 is 1.82 bits per heavy atom. The molecule has 2 heterocycles. The van der Waals surface area contributed by atoms with Gasteiger partial charge in [-0.15, -0.1) is 11.3 Å². The fourth-order valence-electron chi connectivity index (χ4n) is 4.42. The van der Waals surface area contributed by atoms with Crippen molar-refractivity contribution in [2.45, 2.75) is 19.8 Å². The molecule has 4 aromatic rings. The third kappa shape index (κ3) is 5.03. The van der Waals surface area contributed by atoms with E-state index in [4.69, 9.17) is 5.14 Å². The number of nitrogens with zero attached hydrogens (tertiary/aromatic N) is 3. The van der Waals surface area contributed by atoms with Gasteiger partial charge in [-0.25, -0.2) is 23.3 Å². The van der Waals surface area contributed by atoms with Crippen molar-refractivity contribution in [1.29, 1.82) is 0 Å². The van der Waals surface area contributed by atoms with Gasteiger partial charge in [-0.2, -0.15) is 9.78 Å². The van der Waals surface area contributed by atoms with Crippen LogP contribution in [0.4, 0.5) is 0 Å². The molecule has 11 heteroatoms. The largest absolute Gasteiger partial charge is 0.493 e. The van der Waals surface area contributed by atoms with E-state index in [1.807, 2.05) is 61.5 Å². The topological polar surface area (TPSA) is 148 Å². The lowest BCUT2D eigenvalue weighted by Crippen LogP contribution is -2.19. The normalized spacial score (nSPS) is 15.7. The highest BCUT2D eigenvalue weighted by Gasteiger charge is 2.27. The first-order chi connectivity index (χ1) is 18.1. The number of rotatable bonds is 7. The SMILES string of the molecule is CC1CC(S(N)(=O)=O)=CC=C1Cc1c(-c2cccc(-c3ccccc3)c2)nn(-c2nc(C(=O)O)cs2)c1O. The molecule has 0 bridgehead atoms. The average Bonchev–Trinajstić information content (AvgIpc) is 3.51. The number of hydrogen-bond donors (Lipinski definition) is 3. The van der Waals surface area contributed by atoms with Gasteiger partial charge in [0, 0.05) is 22.9 Å². The summed E-state index contributed by atoms with van der Waals surface area (Å²) < 4.78 is 24.9. The molecule has 1 atom stereocenters. The summed E-state index contributed by atoms with van der Waals surface area (Å²) in [7, 11) is -3.79. The molecule has 1 aliphatic rings. The van der Waals surface area contributed by atoms with E-state index < -0.39 is 16.0 Å². The second-order valence-corrected chi connectivity index (χ2v) is 11.5. The van der Waals surface area contributed by atoms with Gasteiger partial charge >= 0.3 is 5.97 Å². The van der Waals surface area contributed by atoms with E-state index in [1.165, 1.54) is 16.1 Å². The highest BCUT2D eigenvalue weighted by atomic mass is 32.2. The molecule has 0 fully saturated rings. The molecule has 0 aliphatic heterocycles. The second-order valence-electron chi connectivity index (χ2n) is 9.03. The van der Waals surface area contributed by atoms with Gasteiger partial charge in [-0.1, -0.05) is 67.1 Å². The van der Waals surface area contributed by atoms with Gasteiger partial charge in [0.1, 0.15) is 5.69 Å². The Balaban J connectivity index is 1.63. The first-order valence-corrected chi connectivity index (χ1v) is 14.1. The second kappa shape index (κ2) is 10.0. The maximum atomic E-state index is 11.8. The molecule has 1 unspecified atom stereocenters. The Labute approximate surface area is 223 Å². The van der Waals surface area contributed by atoms with Gasteiger partial charge < -0.3 is 10.2 Å². The van der Waals surface area contributed by atoms with E-state index in [0.29, 0.717) is 17.7 Å². The molecule has 38 heavy (non-hydrogen) atoms. The number of carboxylic acids is 1. The van der Waals surface area contributed by atoms with Crippen molar-refractivity contribution >= 4 is 27.3 Å². The molecule has 0 radical (unpaired) electrons. The summed E-state index contributed by atoms with van der Waals surface area (Å²) in [5.74, 6) is -1.47. The van der Waals surface area contributed by atoms with Gasteiger partial charge in [0.25, 0.3) is 0 Å². The van der Waals surface area contributed by atoms with E-state index in [9.17, 15) is 23.4 Å². The van der Waals surface area contributed by atoms with Crippen LogP contribution in [0, 0.1) is 5.92 Å². The minimum absolute atomic E-state index is 0.140. The Kier molecular flexibility index (Phi) is 6.74. The van der Waals surface area contributed by atoms with Crippen LogP contribution in [0.1, 0.15) is 29.4 Å². The molecule has 1 aliphatic carbocycles. The number of primary sulfonamides is 1. The van der Waals surface area contributed by atoms with Crippen LogP contribution in [-0.2, 0) is 16.4 Å². The molecule has 2 aromatic carbocycles. The standard InChI is InChI=1S/C27H24N4O5S2/c1-16-12-21(38(28,35)36)11-10-18(16)14-22-24(20-9-5-8-19(13-20)17-6-3-2-4-7-17)30-31(25(22)32)27-29-23(15-37-27)26(33)34/h2-11,13,15-16,32H,12,14H2,1H3,(H,33,34)(H2,28,35,36). The number of allylic oxidation sites excluding steroid dienone is 4. The average molecular weight is 549 g/mol. The lowest BCUT2D eigenvalue weighted by atomic mass is 9.87. The number of carbonyl (C=O) groups is 1. The van der Waals surface area contributed by atoms with Crippen LogP contribution in [0.2, 0.25) is 0 Å². The summed E-state index contributed by atoms with van der Waals surface area (Å²) in [6.07, 6.45) is 3.78. The number of aromatic carboxylic acids is 1. The van der Waals surface area contributed by atoms with Gasteiger partial charge in [0.05, 0.1) is 4.91 Å². The summed E-state index contributed by atoms with van der Waals surface area (Å²) >= 11 is 1.06. The summed E-state index contributed by atoms with van der Waals surface area (Å²) in [5, 5.41) is 32.2. The number of hydrogen-bond acceptors (Lipinski definition) is 7. The first-order valence-electron chi connectivity index (χ1n) is 11.7. The third-order valence-electron chi connectivity index (χ3n) is 6.46. The van der Waals surface area contributed by atoms with Crippen molar-refractivity contribution in [3.63, 3.8) is 0 Å². The third-order valence-corrected chi connectivity index (χ3v) is 8.31. The van der Waals surface area contributed by atoms with Gasteiger partial charge in [-0.3, -0.25) is 0 Å². The highest BCUT2D eigenvalue weighted by molar-refractivity contribution is 7.93. The number of aromatic hydroxyl groups is 1. The number of benzene rings is 2. The molecule has 0 saturated heterocycles. The van der Waals surface area contributed by atoms with E-state index in [2.05, 4.69) is 10.1 Å². The molecule has 194 valence electrons. The van der Waals surface area contributed by atoms with Crippen LogP contribution in [0.5, 0.6) is 5.88 Å². The molecule has 2 aromatic heterocycles. The smallest absolute Gasteiger partial charge is 0.355 e. The van der Waals surface area contributed by atoms with Gasteiger partial charge in [-0.05, 0) is 35.6 Å². The minimum Gasteiger partial charge on any atom is -0.493 e. The van der Waals surface area contributed by atoms with Crippen molar-refractivity contribution < 1.29 is 23.4 Å². The van der Waals surface area contributed by atoms with Crippen molar-refractivity contribution in [1.82, 2.24) is 14.8 Å². The summed E-state index contributed by atoms with van der Waals surface area (Å²) in [6, 6.07) is 17.6. The number of thiazole rings is 1. The molecular formula is C27H24N4O5S2. The maximum absolute atomic E-state index is 11.8. The zero-order valence-corrected chi connectivity index (χ0v) is 21.9. The predicted molar refractivity (Wildman–Crippen MR) is 145 cm³/mol. The van der Waals surface area contributed by atoms with Gasteiger partial charge in [0.2, 0.25) is 21.0 Å². The Hall–Kier alpha value is -4.06. The summed E-state index contributed by atoms with van der Waals surface area (Å²) in [6.45, 7) is 1.90. The van der Waals surface area contributed by atoms with Crippen molar-refractivity contribution in [2.75, 3.05) is 0 Å². The molecule has 0 amide bonds. The van der Waals surface area contributed by atoms with Crippen LogP contribution in [0.15, 0.2) is 82.6 Å². The van der Waals surface area contributed by atoms with E-state index in [0.717, 1.165) is 33.6 Å². The monoisotopic (exact) mass is 548 g/mol. The zero-order chi connectivity index (χ0) is 27.0. The van der Waals surface area contributed by atoms with Crippen LogP contribution < -0.4 is 5.14 Å². The Morgan fingerprint density at radius 3 is 2.47 bits per heavy atom. The number of sulfonamides is 1. The summed E-state index contributed by atoms with van der Waals surface area (Å²) in [5.41, 5.74) is 4.55. The lowest BCUT2D eigenvalue weighted by Gasteiger charge is -2.21. The predicted octanol–water partition coefficient (Wildman–Crippen LogP) is 4.75. The number of aromatic nitrogens is 3. The van der Waals surface area contributed by atoms with Crippen molar-refractivity contribution in [3.8, 4) is 33.4 Å². The van der Waals surface area contributed by atoms with E-state index in [-0.39, 0.29) is 33.9 Å². The molecule has 9 nitrogen and oxygen atoms in total. The van der Waals surface area contributed by atoms with Crippen molar-refractivity contribution in [3.05, 3.63) is 93.9 Å². The fraction of sp³-hybridized carbons (Fsp3) is 0.148. The lowest BCUT2D eigenvalue weighted by molar-refractivity contribution is 0.0691. The summed E-state index contributed by atoms with van der Waals surface area (Å²) in [4.78, 5) is 15.6. The zero-order valence-electron chi connectivity index (χ0n) is 20.3. The Bertz CT molecular complexity index is 1700. The maximum Gasteiger partial charge on any atom is 0.355 e. The van der Waals surface area contributed by atoms with Crippen molar-refractivity contribution in [2.24, 2.45) is 11.1 Å². The highest BCUT2D eigenvalue weighted by Crippen LogP contribution is 2.38. The van der Waals surface area contributed by atoms with E-state index >= 15 is 0 Å². The van der Waals surface area contributed by atoms with Gasteiger partial charge in [0.15, 0.2) is 5.69 Å². The fourth-order valence-corrected chi connectivity index (χ4v) is 5.91. The van der Waals surface area contributed by atoms with Crippen LogP contribution >= 0.6 is 11.3 Å². The van der Waals surface area contributed by atoms with Crippen LogP contribution in [-0.4, -0.2) is 39.4 Å². The van der Waals surface area contributed by atoms with Crippen LogP contribution in [0.25, 0.3) is 27.5 Å². The minimum atomic E-state index is -3.79. The Morgan fingerprint density at radius 1 is 1.11 bits per heavy atom.